The molecule has 0 spiro atoms. The predicted molar refractivity (Wildman–Crippen MR) is 156 cm³/mol. The lowest BCUT2D eigenvalue weighted by molar-refractivity contribution is -0.117. The van der Waals surface area contributed by atoms with Crippen molar-refractivity contribution in [1.82, 2.24) is 9.21 Å². The Bertz CT molecular complexity index is 756. The lowest BCUT2D eigenvalue weighted by Crippen LogP contribution is -2.46. The molecule has 1 atom stereocenters. The summed E-state index contributed by atoms with van der Waals surface area (Å²) in [7, 11) is 0.103. The lowest BCUT2D eigenvalue weighted by Gasteiger charge is -2.32. The number of hydrogen-bond acceptors (Lipinski definition) is 5. The Morgan fingerprint density at radius 2 is 1.62 bits per heavy atom. The van der Waals surface area contributed by atoms with E-state index in [1.807, 2.05) is 13.8 Å². The van der Waals surface area contributed by atoms with Crippen LogP contribution in [0.4, 0.5) is 0 Å². The van der Waals surface area contributed by atoms with E-state index < -0.39 is 10.0 Å². The van der Waals surface area contributed by atoms with Crippen LogP contribution in [0.5, 0.6) is 0 Å². The maximum atomic E-state index is 12.3. The van der Waals surface area contributed by atoms with Crippen molar-refractivity contribution in [2.75, 3.05) is 40.5 Å². The largest absolute Gasteiger partial charge is 0.381 e. The van der Waals surface area contributed by atoms with E-state index in [-0.39, 0.29) is 10.9 Å². The van der Waals surface area contributed by atoms with E-state index in [4.69, 9.17) is 21.1 Å². The monoisotopic (exact) mass is 564 g/mol. The second-order valence-corrected chi connectivity index (χ2v) is 11.4. The topological polar surface area (TPSA) is 76.2 Å². The van der Waals surface area contributed by atoms with E-state index in [0.717, 1.165) is 19.4 Å². The molecule has 1 saturated carbocycles. The highest BCUT2D eigenvalue weighted by molar-refractivity contribution is 7.89. The van der Waals surface area contributed by atoms with Crippen molar-refractivity contribution >= 4 is 28.0 Å². The number of sulfonamides is 1. The molecule has 7 nitrogen and oxygen atoms in total. The summed E-state index contributed by atoms with van der Waals surface area (Å²) in [4.78, 5) is 11.7. The number of rotatable bonds is 8. The summed E-state index contributed by atoms with van der Waals surface area (Å²) in [5.41, 5.74) is 0. The van der Waals surface area contributed by atoms with E-state index >= 15 is 0 Å². The Hall–Kier alpha value is -1.19. The first-order valence-electron chi connectivity index (χ1n) is 13.6. The summed E-state index contributed by atoms with van der Waals surface area (Å²) in [6.45, 7) is 14.7. The molecular formula is C28H53ClN2O5S. The van der Waals surface area contributed by atoms with Crippen molar-refractivity contribution in [1.29, 1.82) is 0 Å². The van der Waals surface area contributed by atoms with Gasteiger partial charge >= 0.3 is 0 Å². The number of amides is 1. The van der Waals surface area contributed by atoms with Crippen LogP contribution >= 0.6 is 11.6 Å². The number of nitrogens with zero attached hydrogens (tertiary/aromatic N) is 2. The molecule has 0 N–H and O–H groups in total. The average molecular weight is 565 g/mol. The Kier molecular flexibility index (Phi) is 24.5. The number of unbranched alkanes of at least 4 members (excludes halogenated alkanes) is 2. The van der Waals surface area contributed by atoms with Crippen LogP contribution in [0, 0.1) is 0 Å². The molecule has 1 aromatic carbocycles. The number of methoxy groups -OCH3 is 1. The highest BCUT2D eigenvalue weighted by Crippen LogP contribution is 2.22. The standard InChI is InChI=1S/C11H14ClNO3S.C5H11NO.C5H12.C4H8O.C3H8/c1-9-8-16-7-6-13(9)17(14,15)11-4-2-10(12)3-5-11;1-3-4-6(2)5-7;1-3-5-4-2;1-5-4-2-3-4;1-3-2/h2-5,9H,6-8H2,1H3;5H,3-4H2,1-2H3;3-5H2,1-2H3;4H,2-3H2,1H3;3H2,1-2H3. The minimum absolute atomic E-state index is 0.135. The minimum Gasteiger partial charge on any atom is -0.381 e. The van der Waals surface area contributed by atoms with E-state index in [2.05, 4.69) is 27.7 Å². The van der Waals surface area contributed by atoms with Crippen LogP contribution in [0.1, 0.15) is 86.5 Å². The molecule has 1 aliphatic carbocycles. The molecule has 1 aromatic rings. The van der Waals surface area contributed by atoms with Gasteiger partial charge in [-0.25, -0.2) is 8.42 Å². The van der Waals surface area contributed by atoms with Gasteiger partial charge in [-0.15, -0.1) is 0 Å². The molecule has 1 heterocycles. The van der Waals surface area contributed by atoms with Crippen LogP contribution in [-0.2, 0) is 24.3 Å². The quantitative estimate of drug-likeness (QED) is 0.331. The van der Waals surface area contributed by atoms with Gasteiger partial charge in [0.15, 0.2) is 0 Å². The molecule has 37 heavy (non-hydrogen) atoms. The molecule has 1 unspecified atom stereocenters. The third-order valence-electron chi connectivity index (χ3n) is 5.05. The average Bonchev–Trinajstić information content (AvgIpc) is 3.72. The second-order valence-electron chi connectivity index (χ2n) is 9.08. The van der Waals surface area contributed by atoms with Crippen molar-refractivity contribution in [3.63, 3.8) is 0 Å². The molecular weight excluding hydrogens is 512 g/mol. The summed E-state index contributed by atoms with van der Waals surface area (Å²) < 4.78 is 36.2. The second kappa shape index (κ2) is 23.9. The van der Waals surface area contributed by atoms with Gasteiger partial charge in [0.2, 0.25) is 16.4 Å². The third kappa shape index (κ3) is 19.5. The van der Waals surface area contributed by atoms with Gasteiger partial charge in [-0.2, -0.15) is 4.31 Å². The molecule has 0 bridgehead atoms. The van der Waals surface area contributed by atoms with Crippen LogP contribution < -0.4 is 0 Å². The number of carbonyl (C=O) groups is 1. The molecule has 218 valence electrons. The van der Waals surface area contributed by atoms with Gasteiger partial charge in [-0.05, 0) is 50.5 Å². The molecule has 0 radical (unpaired) electrons. The summed E-state index contributed by atoms with van der Waals surface area (Å²) in [5, 5.41) is 0.527. The Morgan fingerprint density at radius 3 is 1.92 bits per heavy atom. The van der Waals surface area contributed by atoms with Crippen LogP contribution in [0.25, 0.3) is 0 Å². The van der Waals surface area contributed by atoms with E-state index in [1.165, 1.54) is 55.0 Å². The number of carbonyl (C=O) groups excluding carboxylic acids is 1. The number of benzene rings is 1. The summed E-state index contributed by atoms with van der Waals surface area (Å²) in [5.74, 6) is 0. The fraction of sp³-hybridized carbons (Fsp3) is 0.750. The summed E-state index contributed by atoms with van der Waals surface area (Å²) in [6.07, 6.45) is 10.4. The van der Waals surface area contributed by atoms with E-state index in [9.17, 15) is 13.2 Å². The third-order valence-corrected chi connectivity index (χ3v) is 7.33. The fourth-order valence-corrected chi connectivity index (χ4v) is 4.60. The molecule has 1 saturated heterocycles. The minimum atomic E-state index is -3.43. The van der Waals surface area contributed by atoms with E-state index in [1.54, 1.807) is 31.2 Å². The van der Waals surface area contributed by atoms with Gasteiger partial charge in [0.1, 0.15) is 0 Å². The van der Waals surface area contributed by atoms with Crippen molar-refractivity contribution < 1.29 is 22.7 Å². The number of halogens is 1. The number of morpholine rings is 1. The molecule has 2 fully saturated rings. The smallest absolute Gasteiger partial charge is 0.243 e. The van der Waals surface area contributed by atoms with Crippen LogP contribution in [0.2, 0.25) is 5.02 Å². The van der Waals surface area contributed by atoms with E-state index in [0.29, 0.717) is 30.9 Å². The predicted octanol–water partition coefficient (Wildman–Crippen LogP) is 6.64. The van der Waals surface area contributed by atoms with Crippen molar-refractivity contribution in [2.24, 2.45) is 0 Å². The van der Waals surface area contributed by atoms with Crippen LogP contribution in [-0.4, -0.2) is 76.6 Å². The van der Waals surface area contributed by atoms with Crippen LogP contribution in [0.15, 0.2) is 29.2 Å². The zero-order chi connectivity index (χ0) is 28.7. The molecule has 3 rings (SSSR count). The highest BCUT2D eigenvalue weighted by atomic mass is 35.5. The van der Waals surface area contributed by atoms with Gasteiger partial charge in [-0.1, -0.05) is 71.9 Å². The van der Waals surface area contributed by atoms with Crippen molar-refractivity contribution in [3.05, 3.63) is 29.3 Å². The van der Waals surface area contributed by atoms with Crippen LogP contribution in [0.3, 0.4) is 0 Å². The molecule has 2 aliphatic rings. The molecule has 9 heteroatoms. The zero-order valence-corrected chi connectivity index (χ0v) is 26.1. The Balaban J connectivity index is 0. The lowest BCUT2D eigenvalue weighted by atomic mass is 10.3. The van der Waals surface area contributed by atoms with Gasteiger partial charge in [-0.3, -0.25) is 4.79 Å². The fourth-order valence-electron chi connectivity index (χ4n) is 2.87. The van der Waals surface area contributed by atoms with Crippen molar-refractivity contribution in [3.8, 4) is 0 Å². The van der Waals surface area contributed by atoms with Crippen molar-refractivity contribution in [2.45, 2.75) is 104 Å². The first-order valence-corrected chi connectivity index (χ1v) is 15.4. The SMILES string of the molecule is CC1COCCN1S(=O)(=O)c1ccc(Cl)cc1.CCC.CCCCC.CCCN(C)C=O.COC1CC1. The summed E-state index contributed by atoms with van der Waals surface area (Å²) >= 11 is 5.75. The molecule has 0 aromatic heterocycles. The summed E-state index contributed by atoms with van der Waals surface area (Å²) in [6, 6.07) is 6.09. The van der Waals surface area contributed by atoms with Gasteiger partial charge in [0.25, 0.3) is 0 Å². The molecule has 1 amide bonds. The maximum Gasteiger partial charge on any atom is 0.243 e. The van der Waals surface area contributed by atoms with Gasteiger partial charge in [0.05, 0.1) is 24.2 Å². The number of ether oxygens (including phenoxy) is 2. The Labute approximate surface area is 232 Å². The maximum absolute atomic E-state index is 12.3. The zero-order valence-electron chi connectivity index (χ0n) is 24.5. The first kappa shape index (κ1) is 38.0. The first-order chi connectivity index (χ1) is 17.6. The van der Waals surface area contributed by atoms with Gasteiger partial charge < -0.3 is 14.4 Å². The number of hydrogen-bond donors (Lipinski definition) is 0. The highest BCUT2D eigenvalue weighted by Gasteiger charge is 2.31. The van der Waals surface area contributed by atoms with Gasteiger partial charge in [0, 0.05) is 38.3 Å². The molecule has 1 aliphatic heterocycles. The Morgan fingerprint density at radius 1 is 1.08 bits per heavy atom. The normalized spacial score (nSPS) is 16.7.